The molecule has 4 nitrogen and oxygen atoms in total. The number of nitrogens with zero attached hydrogens (tertiary/aromatic N) is 3. The summed E-state index contributed by atoms with van der Waals surface area (Å²) in [5, 5.41) is 0. The topological polar surface area (TPSA) is 44.9 Å². The monoisotopic (exact) mass is 404 g/mol. The average Bonchev–Trinajstić information content (AvgIpc) is 2.47. The highest BCUT2D eigenvalue weighted by Gasteiger charge is 2.10. The molecular formula is C16H29IN4. The van der Waals surface area contributed by atoms with E-state index >= 15 is 0 Å². The lowest BCUT2D eigenvalue weighted by Crippen LogP contribution is -2.38. The Bertz CT molecular complexity index is 404. The van der Waals surface area contributed by atoms with Crippen molar-refractivity contribution < 1.29 is 0 Å². The molecule has 0 bridgehead atoms. The molecule has 0 aliphatic heterocycles. The van der Waals surface area contributed by atoms with Crippen molar-refractivity contribution in [3.63, 3.8) is 0 Å². The van der Waals surface area contributed by atoms with E-state index < -0.39 is 0 Å². The van der Waals surface area contributed by atoms with Crippen LogP contribution in [0.25, 0.3) is 0 Å². The summed E-state index contributed by atoms with van der Waals surface area (Å²) in [4.78, 5) is 8.88. The zero-order valence-electron chi connectivity index (χ0n) is 13.6. The van der Waals surface area contributed by atoms with Crippen LogP contribution in [0, 0.1) is 0 Å². The fraction of sp³-hybridized carbons (Fsp3) is 0.562. The Hall–Kier alpha value is -0.820. The van der Waals surface area contributed by atoms with Gasteiger partial charge in [-0.1, -0.05) is 30.3 Å². The summed E-state index contributed by atoms with van der Waals surface area (Å²) >= 11 is 0. The number of nitrogens with two attached hydrogens (primary N) is 1. The molecule has 0 spiro atoms. The Balaban J connectivity index is 0.00000400. The molecular weight excluding hydrogens is 375 g/mol. The van der Waals surface area contributed by atoms with E-state index in [1.807, 2.05) is 6.07 Å². The van der Waals surface area contributed by atoms with Gasteiger partial charge in [0.1, 0.15) is 0 Å². The van der Waals surface area contributed by atoms with Gasteiger partial charge in [0.15, 0.2) is 5.96 Å². The lowest BCUT2D eigenvalue weighted by molar-refractivity contribution is 0.254. The molecule has 1 atom stereocenters. The van der Waals surface area contributed by atoms with Crippen LogP contribution in [0.15, 0.2) is 35.3 Å². The molecule has 1 aromatic rings. The van der Waals surface area contributed by atoms with Gasteiger partial charge < -0.3 is 10.6 Å². The van der Waals surface area contributed by atoms with Crippen molar-refractivity contribution in [1.82, 2.24) is 9.80 Å². The standard InChI is InChI=1S/C16H28N4.HI/c1-5-20(6-2)16(17)18-12-14(3)19(4)13-15-10-8-7-9-11-15;/h7-11,14H,5-6,12-13H2,1-4H3,(H2,17,18);1H. The molecule has 0 aromatic heterocycles. The summed E-state index contributed by atoms with van der Waals surface area (Å²) in [5.74, 6) is 0.648. The Kier molecular flexibility index (Phi) is 10.4. The van der Waals surface area contributed by atoms with Gasteiger partial charge in [-0.05, 0) is 33.4 Å². The number of benzene rings is 1. The van der Waals surface area contributed by atoms with Gasteiger partial charge in [0.2, 0.25) is 0 Å². The number of rotatable bonds is 7. The van der Waals surface area contributed by atoms with Gasteiger partial charge >= 0.3 is 0 Å². The third-order valence-corrected chi connectivity index (χ3v) is 3.63. The van der Waals surface area contributed by atoms with E-state index in [1.54, 1.807) is 0 Å². The molecule has 0 aliphatic rings. The van der Waals surface area contributed by atoms with E-state index in [-0.39, 0.29) is 24.0 Å². The molecule has 21 heavy (non-hydrogen) atoms. The van der Waals surface area contributed by atoms with Gasteiger partial charge in [-0.2, -0.15) is 0 Å². The number of aliphatic imine (C=N–C) groups is 1. The largest absolute Gasteiger partial charge is 0.370 e. The van der Waals surface area contributed by atoms with Gasteiger partial charge in [-0.15, -0.1) is 24.0 Å². The summed E-state index contributed by atoms with van der Waals surface area (Å²) in [6.07, 6.45) is 0. The summed E-state index contributed by atoms with van der Waals surface area (Å²) in [5.41, 5.74) is 7.32. The fourth-order valence-corrected chi connectivity index (χ4v) is 2.04. The van der Waals surface area contributed by atoms with Crippen LogP contribution in [0.1, 0.15) is 26.3 Å². The minimum absolute atomic E-state index is 0. The zero-order valence-corrected chi connectivity index (χ0v) is 16.0. The second-order valence-corrected chi connectivity index (χ2v) is 5.12. The first-order valence-corrected chi connectivity index (χ1v) is 7.37. The molecule has 0 saturated heterocycles. The molecule has 5 heteroatoms. The van der Waals surface area contributed by atoms with E-state index in [2.05, 4.69) is 66.9 Å². The van der Waals surface area contributed by atoms with Crippen LogP contribution in [-0.2, 0) is 6.54 Å². The molecule has 0 fully saturated rings. The van der Waals surface area contributed by atoms with Crippen molar-refractivity contribution in [2.24, 2.45) is 10.7 Å². The summed E-state index contributed by atoms with van der Waals surface area (Å²) in [6, 6.07) is 10.9. The predicted octanol–water partition coefficient (Wildman–Crippen LogP) is 2.78. The first-order chi connectivity index (χ1) is 9.58. The lowest BCUT2D eigenvalue weighted by Gasteiger charge is -2.25. The van der Waals surface area contributed by atoms with Gasteiger partial charge in [0.25, 0.3) is 0 Å². The van der Waals surface area contributed by atoms with Crippen LogP contribution in [0.3, 0.4) is 0 Å². The Morgan fingerprint density at radius 2 is 1.76 bits per heavy atom. The van der Waals surface area contributed by atoms with Crippen LogP contribution >= 0.6 is 24.0 Å². The van der Waals surface area contributed by atoms with Crippen molar-refractivity contribution in [2.45, 2.75) is 33.4 Å². The quantitative estimate of drug-likeness (QED) is 0.432. The third kappa shape index (κ3) is 7.13. The predicted molar refractivity (Wildman–Crippen MR) is 102 cm³/mol. The van der Waals surface area contributed by atoms with Gasteiger partial charge in [-0.3, -0.25) is 9.89 Å². The van der Waals surface area contributed by atoms with E-state index in [0.29, 0.717) is 12.0 Å². The zero-order chi connectivity index (χ0) is 15.0. The van der Waals surface area contributed by atoms with E-state index in [4.69, 9.17) is 5.73 Å². The fourth-order valence-electron chi connectivity index (χ4n) is 2.04. The minimum Gasteiger partial charge on any atom is -0.370 e. The summed E-state index contributed by atoms with van der Waals surface area (Å²) in [6.45, 7) is 9.84. The minimum atomic E-state index is 0. The number of hydrogen-bond acceptors (Lipinski definition) is 2. The summed E-state index contributed by atoms with van der Waals surface area (Å²) in [7, 11) is 2.13. The maximum Gasteiger partial charge on any atom is 0.191 e. The van der Waals surface area contributed by atoms with Gasteiger partial charge in [-0.25, -0.2) is 0 Å². The van der Waals surface area contributed by atoms with Crippen LogP contribution < -0.4 is 5.73 Å². The molecule has 0 heterocycles. The van der Waals surface area contributed by atoms with Gasteiger partial charge in [0, 0.05) is 25.7 Å². The highest BCUT2D eigenvalue weighted by molar-refractivity contribution is 14.0. The van der Waals surface area contributed by atoms with Crippen LogP contribution in [-0.4, -0.2) is 48.5 Å². The SMILES string of the molecule is CCN(CC)C(N)=NCC(C)N(C)Cc1ccccc1.I. The molecule has 1 rings (SSSR count). The van der Waals surface area contributed by atoms with E-state index in [9.17, 15) is 0 Å². The van der Waals surface area contributed by atoms with Crippen molar-refractivity contribution in [2.75, 3.05) is 26.7 Å². The highest BCUT2D eigenvalue weighted by atomic mass is 127. The second-order valence-electron chi connectivity index (χ2n) is 5.12. The Morgan fingerprint density at radius 3 is 2.29 bits per heavy atom. The third-order valence-electron chi connectivity index (χ3n) is 3.63. The Labute approximate surface area is 146 Å². The molecule has 0 amide bonds. The first kappa shape index (κ1) is 20.2. The first-order valence-electron chi connectivity index (χ1n) is 7.37. The van der Waals surface area contributed by atoms with Crippen LogP contribution in [0.5, 0.6) is 0 Å². The van der Waals surface area contributed by atoms with Crippen molar-refractivity contribution in [1.29, 1.82) is 0 Å². The van der Waals surface area contributed by atoms with Crippen molar-refractivity contribution in [3.8, 4) is 0 Å². The maximum atomic E-state index is 6.00. The van der Waals surface area contributed by atoms with E-state index in [0.717, 1.165) is 26.2 Å². The Morgan fingerprint density at radius 1 is 1.19 bits per heavy atom. The van der Waals surface area contributed by atoms with Crippen molar-refractivity contribution in [3.05, 3.63) is 35.9 Å². The smallest absolute Gasteiger partial charge is 0.191 e. The van der Waals surface area contributed by atoms with Gasteiger partial charge in [0.05, 0.1) is 6.54 Å². The molecule has 0 aliphatic carbocycles. The molecule has 0 radical (unpaired) electrons. The van der Waals surface area contributed by atoms with E-state index in [1.165, 1.54) is 5.56 Å². The molecule has 0 saturated carbocycles. The number of hydrogen-bond donors (Lipinski definition) is 1. The molecule has 2 N–H and O–H groups in total. The average molecular weight is 404 g/mol. The van der Waals surface area contributed by atoms with Crippen LogP contribution in [0.4, 0.5) is 0 Å². The van der Waals surface area contributed by atoms with Crippen molar-refractivity contribution >= 4 is 29.9 Å². The summed E-state index contributed by atoms with van der Waals surface area (Å²) < 4.78 is 0. The number of halogens is 1. The number of likely N-dealkylation sites (N-methyl/N-ethyl adjacent to an activating group) is 1. The maximum absolute atomic E-state index is 6.00. The van der Waals surface area contributed by atoms with Crippen LogP contribution in [0.2, 0.25) is 0 Å². The molecule has 120 valence electrons. The normalized spacial score (nSPS) is 12.9. The number of guanidine groups is 1. The highest BCUT2D eigenvalue weighted by Crippen LogP contribution is 2.06. The second kappa shape index (κ2) is 10.8. The lowest BCUT2D eigenvalue weighted by atomic mass is 10.2. The molecule has 1 aromatic carbocycles. The molecule has 1 unspecified atom stereocenters.